The minimum Gasteiger partial charge on any atom is -0.493 e. The Labute approximate surface area is 186 Å². The summed E-state index contributed by atoms with van der Waals surface area (Å²) >= 11 is 1.50. The Bertz CT molecular complexity index is 1410. The molecule has 11 heteroatoms. The van der Waals surface area contributed by atoms with Gasteiger partial charge in [-0.1, -0.05) is 6.08 Å². The lowest BCUT2D eigenvalue weighted by Gasteiger charge is -2.12. The molecule has 0 aromatic carbocycles. The molecule has 2 aliphatic rings. The molecule has 3 aromatic rings. The van der Waals surface area contributed by atoms with Gasteiger partial charge in [0.2, 0.25) is 5.88 Å². The number of aromatic hydroxyl groups is 1. The molecule has 10 nitrogen and oxygen atoms in total. The number of carbonyl (C=O) groups excluding carboxylic acids is 1. The number of thioether (sulfide) groups is 1. The van der Waals surface area contributed by atoms with E-state index in [4.69, 9.17) is 9.98 Å². The quantitative estimate of drug-likeness (QED) is 0.447. The highest BCUT2D eigenvalue weighted by Gasteiger charge is 2.27. The van der Waals surface area contributed by atoms with Crippen molar-refractivity contribution in [2.24, 2.45) is 4.99 Å². The molecule has 0 spiro atoms. The molecule has 32 heavy (non-hydrogen) atoms. The zero-order valence-corrected chi connectivity index (χ0v) is 18.4. The first-order valence-electron chi connectivity index (χ1n) is 10.5. The molecule has 1 aliphatic carbocycles. The largest absolute Gasteiger partial charge is 0.493 e. The van der Waals surface area contributed by atoms with Gasteiger partial charge in [0.25, 0.3) is 5.91 Å². The van der Waals surface area contributed by atoms with Crippen LogP contribution in [0.15, 0.2) is 33.0 Å². The molecule has 0 radical (unpaired) electrons. The van der Waals surface area contributed by atoms with Crippen LogP contribution in [0.1, 0.15) is 49.7 Å². The Balaban J connectivity index is 1.56. The van der Waals surface area contributed by atoms with E-state index in [1.54, 1.807) is 16.8 Å². The Kier molecular flexibility index (Phi) is 5.12. The van der Waals surface area contributed by atoms with Crippen LogP contribution in [0.3, 0.4) is 0 Å². The fourth-order valence-corrected chi connectivity index (χ4v) is 4.60. The van der Waals surface area contributed by atoms with Crippen molar-refractivity contribution in [3.63, 3.8) is 0 Å². The van der Waals surface area contributed by atoms with Gasteiger partial charge in [-0.2, -0.15) is 9.61 Å². The molecule has 5 rings (SSSR count). The normalized spacial score (nSPS) is 19.8. The summed E-state index contributed by atoms with van der Waals surface area (Å²) in [6.07, 6.45) is 7.99. The maximum Gasteiger partial charge on any atom is 0.326 e. The van der Waals surface area contributed by atoms with Crippen molar-refractivity contribution in [1.29, 1.82) is 0 Å². The first-order valence-corrected chi connectivity index (χ1v) is 11.4. The van der Waals surface area contributed by atoms with Gasteiger partial charge in [-0.15, -0.1) is 11.8 Å². The molecule has 0 bridgehead atoms. The van der Waals surface area contributed by atoms with Crippen molar-refractivity contribution < 1.29 is 9.90 Å². The number of amides is 1. The van der Waals surface area contributed by atoms with Crippen LogP contribution < -0.4 is 21.7 Å². The van der Waals surface area contributed by atoms with Gasteiger partial charge in [-0.25, -0.2) is 9.78 Å². The standard InChI is InChI=1S/C21H23N7O3S/c1-10(2)23-20(30)16-6-5-15(32-16)13-8-17(24-12-3-4-12)28-18(25-13)11(9-22-28)7-14-19(29)27-21(31)26-14/h6-10,12,15,29H,3-5H2,1-2H3,(H,23,30)(H2,26,27,31). The van der Waals surface area contributed by atoms with E-state index in [1.807, 2.05) is 26.0 Å². The second-order valence-electron chi connectivity index (χ2n) is 8.26. The SMILES string of the molecule is CC(C)NC(=O)C1=CCC(c2cc(=NC3CC3)n3ncc(=Cc4[nH]c(=O)[nH]c4O)c3n2)S1. The highest BCUT2D eigenvalue weighted by Crippen LogP contribution is 2.42. The number of H-pyrrole nitrogens is 2. The number of nitrogens with one attached hydrogen (secondary N) is 3. The molecule has 3 aromatic heterocycles. The van der Waals surface area contributed by atoms with Gasteiger partial charge in [0, 0.05) is 17.3 Å². The maximum atomic E-state index is 12.4. The van der Waals surface area contributed by atoms with Crippen molar-refractivity contribution in [2.75, 3.05) is 0 Å². The van der Waals surface area contributed by atoms with E-state index < -0.39 is 5.69 Å². The van der Waals surface area contributed by atoms with Gasteiger partial charge in [0.05, 0.1) is 28.1 Å². The first-order chi connectivity index (χ1) is 15.4. The van der Waals surface area contributed by atoms with Crippen molar-refractivity contribution in [1.82, 2.24) is 29.9 Å². The number of aromatic amines is 2. The summed E-state index contributed by atoms with van der Waals surface area (Å²) in [5.41, 5.74) is 1.85. The molecule has 1 atom stereocenters. The fraction of sp³-hybridized carbons (Fsp3) is 0.381. The number of hydrogen-bond acceptors (Lipinski definition) is 7. The Morgan fingerprint density at radius 3 is 2.91 bits per heavy atom. The minimum absolute atomic E-state index is 0.00992. The summed E-state index contributed by atoms with van der Waals surface area (Å²) in [6, 6.07) is 2.30. The van der Waals surface area contributed by atoms with E-state index in [0.29, 0.717) is 27.7 Å². The predicted molar refractivity (Wildman–Crippen MR) is 120 cm³/mol. The number of carbonyl (C=O) groups is 1. The zero-order chi connectivity index (χ0) is 22.4. The van der Waals surface area contributed by atoms with E-state index in [0.717, 1.165) is 18.5 Å². The van der Waals surface area contributed by atoms with Crippen molar-refractivity contribution in [2.45, 2.75) is 50.4 Å². The molecule has 1 fully saturated rings. The summed E-state index contributed by atoms with van der Waals surface area (Å²) in [7, 11) is 0. The molecular formula is C21H23N7O3S. The second kappa shape index (κ2) is 7.97. The van der Waals surface area contributed by atoms with Crippen molar-refractivity contribution >= 4 is 29.4 Å². The van der Waals surface area contributed by atoms with Crippen molar-refractivity contribution in [3.8, 4) is 5.88 Å². The molecular weight excluding hydrogens is 430 g/mol. The average molecular weight is 454 g/mol. The summed E-state index contributed by atoms with van der Waals surface area (Å²) in [5, 5.41) is 17.9. The molecule has 1 aliphatic heterocycles. The van der Waals surface area contributed by atoms with Crippen LogP contribution in [0.5, 0.6) is 5.88 Å². The fourth-order valence-electron chi connectivity index (χ4n) is 3.50. The Morgan fingerprint density at radius 2 is 2.22 bits per heavy atom. The van der Waals surface area contributed by atoms with E-state index in [1.165, 1.54) is 11.8 Å². The number of nitrogens with zero attached hydrogens (tertiary/aromatic N) is 4. The highest BCUT2D eigenvalue weighted by atomic mass is 32.2. The van der Waals surface area contributed by atoms with E-state index in [-0.39, 0.29) is 34.8 Å². The van der Waals surface area contributed by atoms with Gasteiger partial charge in [-0.3, -0.25) is 14.8 Å². The Morgan fingerprint density at radius 1 is 1.41 bits per heavy atom. The highest BCUT2D eigenvalue weighted by molar-refractivity contribution is 8.04. The zero-order valence-electron chi connectivity index (χ0n) is 17.6. The van der Waals surface area contributed by atoms with Crippen LogP contribution in [0, 0.1) is 0 Å². The number of hydrogen-bond donors (Lipinski definition) is 4. The van der Waals surface area contributed by atoms with Crippen LogP contribution in [-0.4, -0.2) is 47.7 Å². The molecule has 4 heterocycles. The topological polar surface area (TPSA) is 141 Å². The maximum absolute atomic E-state index is 12.4. The summed E-state index contributed by atoms with van der Waals surface area (Å²) in [5.74, 6) is -0.313. The smallest absolute Gasteiger partial charge is 0.326 e. The summed E-state index contributed by atoms with van der Waals surface area (Å²) < 4.78 is 1.68. The first kappa shape index (κ1) is 20.6. The number of aromatic nitrogens is 5. The monoisotopic (exact) mass is 453 g/mol. The lowest BCUT2D eigenvalue weighted by atomic mass is 10.2. The molecule has 4 N–H and O–H groups in total. The molecule has 0 saturated heterocycles. The lowest BCUT2D eigenvalue weighted by molar-refractivity contribution is -0.117. The third kappa shape index (κ3) is 4.07. The summed E-state index contributed by atoms with van der Waals surface area (Å²) in [4.78, 5) is 39.0. The molecule has 1 amide bonds. The van der Waals surface area contributed by atoms with Gasteiger partial charge >= 0.3 is 5.69 Å². The van der Waals surface area contributed by atoms with Gasteiger partial charge in [0.1, 0.15) is 5.69 Å². The van der Waals surface area contributed by atoms with Crippen LogP contribution in [-0.2, 0) is 4.79 Å². The predicted octanol–water partition coefficient (Wildman–Crippen LogP) is 0.649. The van der Waals surface area contributed by atoms with Crippen LogP contribution >= 0.6 is 11.8 Å². The van der Waals surface area contributed by atoms with Crippen molar-refractivity contribution in [3.05, 3.63) is 55.8 Å². The lowest BCUT2D eigenvalue weighted by Crippen LogP contribution is -2.30. The second-order valence-corrected chi connectivity index (χ2v) is 9.50. The molecule has 1 unspecified atom stereocenters. The van der Waals surface area contributed by atoms with Crippen LogP contribution in [0.2, 0.25) is 0 Å². The molecule has 166 valence electrons. The average Bonchev–Trinajstić information content (AvgIpc) is 3.12. The van der Waals surface area contributed by atoms with E-state index >= 15 is 0 Å². The van der Waals surface area contributed by atoms with E-state index in [2.05, 4.69) is 20.4 Å². The number of fused-ring (bicyclic) bond motifs is 1. The molecule has 1 saturated carbocycles. The Hall–Kier alpha value is -3.34. The minimum atomic E-state index is -0.496. The third-order valence-corrected chi connectivity index (χ3v) is 6.48. The summed E-state index contributed by atoms with van der Waals surface area (Å²) in [6.45, 7) is 3.87. The number of imidazole rings is 1. The number of rotatable bonds is 5. The van der Waals surface area contributed by atoms with Gasteiger partial charge < -0.3 is 15.4 Å². The van der Waals surface area contributed by atoms with Crippen LogP contribution in [0.25, 0.3) is 11.7 Å². The van der Waals surface area contributed by atoms with Crippen LogP contribution in [0.4, 0.5) is 0 Å². The van der Waals surface area contributed by atoms with Gasteiger partial charge in [0.15, 0.2) is 11.1 Å². The third-order valence-electron chi connectivity index (χ3n) is 5.16. The number of allylic oxidation sites excluding steroid dienone is 1. The van der Waals surface area contributed by atoms with E-state index in [9.17, 15) is 14.7 Å². The van der Waals surface area contributed by atoms with Gasteiger partial charge in [-0.05, 0) is 39.2 Å².